The molecule has 2 heterocycles. The second-order valence-corrected chi connectivity index (χ2v) is 3.96. The molecule has 80 valence electrons. The number of H-pyrrole nitrogens is 1. The van der Waals surface area contributed by atoms with Crippen molar-refractivity contribution < 1.29 is 4.42 Å². The van der Waals surface area contributed by atoms with Crippen molar-refractivity contribution >= 4 is 11.1 Å². The molecule has 1 aromatic carbocycles. The Balaban J connectivity index is 1.79. The quantitative estimate of drug-likeness (QED) is 0.705. The highest BCUT2D eigenvalue weighted by Gasteiger charge is 2.06. The van der Waals surface area contributed by atoms with Crippen LogP contribution in [0.1, 0.15) is 11.1 Å². The molecular formula is C14H13NO. The molecule has 0 aliphatic heterocycles. The molecule has 3 rings (SSSR count). The normalized spacial score (nSPS) is 11.0. The van der Waals surface area contributed by atoms with Gasteiger partial charge in [0.15, 0.2) is 5.58 Å². The van der Waals surface area contributed by atoms with Crippen molar-refractivity contribution in [2.24, 2.45) is 0 Å². The summed E-state index contributed by atoms with van der Waals surface area (Å²) in [5.74, 6) is 0. The molecule has 0 unspecified atom stereocenters. The highest BCUT2D eigenvalue weighted by Crippen LogP contribution is 2.20. The van der Waals surface area contributed by atoms with Crippen LogP contribution in [0.2, 0.25) is 0 Å². The van der Waals surface area contributed by atoms with Gasteiger partial charge in [-0.05, 0) is 24.5 Å². The number of fused-ring (bicyclic) bond motifs is 1. The summed E-state index contributed by atoms with van der Waals surface area (Å²) in [5.41, 5.74) is 4.70. The Bertz CT molecular complexity index is 577. The van der Waals surface area contributed by atoms with E-state index in [1.165, 1.54) is 11.1 Å². The molecule has 16 heavy (non-hydrogen) atoms. The molecular weight excluding hydrogens is 198 g/mol. The Kier molecular flexibility index (Phi) is 2.26. The summed E-state index contributed by atoms with van der Waals surface area (Å²) in [6, 6.07) is 12.5. The molecule has 0 amide bonds. The van der Waals surface area contributed by atoms with Gasteiger partial charge in [0.2, 0.25) is 0 Å². The molecule has 0 fully saturated rings. The van der Waals surface area contributed by atoms with E-state index in [1.54, 1.807) is 0 Å². The van der Waals surface area contributed by atoms with Gasteiger partial charge in [0, 0.05) is 11.8 Å². The molecule has 0 aliphatic rings. The maximum Gasteiger partial charge on any atom is 0.151 e. The van der Waals surface area contributed by atoms with Crippen LogP contribution in [0, 0.1) is 0 Å². The number of aromatic amines is 1. The molecule has 3 aromatic rings. The lowest BCUT2D eigenvalue weighted by atomic mass is 10.1. The van der Waals surface area contributed by atoms with E-state index in [0.717, 1.165) is 23.9 Å². The summed E-state index contributed by atoms with van der Waals surface area (Å²) >= 11 is 0. The molecule has 2 heteroatoms. The predicted molar refractivity (Wildman–Crippen MR) is 64.4 cm³/mol. The van der Waals surface area contributed by atoms with Crippen LogP contribution in [-0.2, 0) is 12.8 Å². The average molecular weight is 211 g/mol. The lowest BCUT2D eigenvalue weighted by Gasteiger charge is -1.98. The maximum atomic E-state index is 5.45. The summed E-state index contributed by atoms with van der Waals surface area (Å²) in [7, 11) is 0. The van der Waals surface area contributed by atoms with Gasteiger partial charge in [-0.3, -0.25) is 0 Å². The number of aryl methyl sites for hydroxylation is 2. The number of hydrogen-bond donors (Lipinski definition) is 1. The number of aromatic nitrogens is 1. The summed E-state index contributed by atoms with van der Waals surface area (Å²) in [4.78, 5) is 3.21. The van der Waals surface area contributed by atoms with Gasteiger partial charge in [-0.25, -0.2) is 0 Å². The van der Waals surface area contributed by atoms with Crippen LogP contribution in [0.4, 0.5) is 0 Å². The number of nitrogens with one attached hydrogen (secondary N) is 1. The minimum atomic E-state index is 0.947. The Morgan fingerprint density at radius 3 is 2.75 bits per heavy atom. The van der Waals surface area contributed by atoms with E-state index in [-0.39, 0.29) is 0 Å². The van der Waals surface area contributed by atoms with Gasteiger partial charge in [0.25, 0.3) is 0 Å². The molecule has 0 aliphatic carbocycles. The van der Waals surface area contributed by atoms with E-state index in [9.17, 15) is 0 Å². The van der Waals surface area contributed by atoms with Gasteiger partial charge in [-0.2, -0.15) is 0 Å². The first-order valence-electron chi connectivity index (χ1n) is 5.51. The average Bonchev–Trinajstić information content (AvgIpc) is 2.90. The fourth-order valence-corrected chi connectivity index (χ4v) is 2.01. The summed E-state index contributed by atoms with van der Waals surface area (Å²) in [6.45, 7) is 0. The van der Waals surface area contributed by atoms with E-state index in [2.05, 4.69) is 29.2 Å². The number of hydrogen-bond acceptors (Lipinski definition) is 1. The zero-order valence-electron chi connectivity index (χ0n) is 8.94. The second kappa shape index (κ2) is 3.89. The molecule has 2 aromatic heterocycles. The maximum absolute atomic E-state index is 5.45. The van der Waals surface area contributed by atoms with Crippen LogP contribution in [0.15, 0.2) is 53.3 Å². The van der Waals surface area contributed by atoms with Crippen LogP contribution in [-0.4, -0.2) is 4.98 Å². The zero-order valence-corrected chi connectivity index (χ0v) is 8.94. The van der Waals surface area contributed by atoms with Crippen LogP contribution in [0.5, 0.6) is 0 Å². The van der Waals surface area contributed by atoms with E-state index in [4.69, 9.17) is 4.42 Å². The van der Waals surface area contributed by atoms with E-state index in [0.29, 0.717) is 0 Å². The molecule has 0 spiro atoms. The largest absolute Gasteiger partial charge is 0.462 e. The summed E-state index contributed by atoms with van der Waals surface area (Å²) < 4.78 is 5.45. The first kappa shape index (κ1) is 9.28. The van der Waals surface area contributed by atoms with Crippen LogP contribution >= 0.6 is 0 Å². The third-order valence-electron chi connectivity index (χ3n) is 2.88. The molecule has 0 radical (unpaired) electrons. The van der Waals surface area contributed by atoms with Crippen LogP contribution in [0.3, 0.4) is 0 Å². The highest BCUT2D eigenvalue weighted by atomic mass is 16.3. The summed E-state index contributed by atoms with van der Waals surface area (Å²) in [5, 5.41) is 0. The van der Waals surface area contributed by atoms with Crippen molar-refractivity contribution in [3.05, 3.63) is 60.0 Å². The van der Waals surface area contributed by atoms with Gasteiger partial charge >= 0.3 is 0 Å². The zero-order chi connectivity index (χ0) is 10.8. The van der Waals surface area contributed by atoms with Crippen molar-refractivity contribution in [1.82, 2.24) is 4.98 Å². The van der Waals surface area contributed by atoms with E-state index < -0.39 is 0 Å². The molecule has 1 N–H and O–H groups in total. The monoisotopic (exact) mass is 211 g/mol. The van der Waals surface area contributed by atoms with Crippen molar-refractivity contribution in [3.8, 4) is 0 Å². The fourth-order valence-electron chi connectivity index (χ4n) is 2.01. The standard InChI is InChI=1S/C14H13NO/c1-2-4-11(5-3-1)6-7-12-10-16-13-8-9-15-14(12)13/h1-5,8-10,15H,6-7H2. The second-order valence-electron chi connectivity index (χ2n) is 3.96. The first-order valence-corrected chi connectivity index (χ1v) is 5.51. The first-order chi connectivity index (χ1) is 7.93. The van der Waals surface area contributed by atoms with Crippen molar-refractivity contribution in [2.75, 3.05) is 0 Å². The number of furan rings is 1. The van der Waals surface area contributed by atoms with Crippen molar-refractivity contribution in [3.63, 3.8) is 0 Å². The number of rotatable bonds is 3. The lowest BCUT2D eigenvalue weighted by Crippen LogP contribution is -1.89. The van der Waals surface area contributed by atoms with E-state index >= 15 is 0 Å². The Hall–Kier alpha value is -1.96. The molecule has 2 nitrogen and oxygen atoms in total. The van der Waals surface area contributed by atoms with Gasteiger partial charge in [-0.1, -0.05) is 30.3 Å². The SMILES string of the molecule is c1ccc(CCc2coc3cc[nH]c23)cc1. The lowest BCUT2D eigenvalue weighted by molar-refractivity contribution is 0.610. The van der Waals surface area contributed by atoms with Gasteiger partial charge in [0.1, 0.15) is 0 Å². The minimum absolute atomic E-state index is 0.947. The van der Waals surface area contributed by atoms with Crippen molar-refractivity contribution in [1.29, 1.82) is 0 Å². The summed E-state index contributed by atoms with van der Waals surface area (Å²) in [6.07, 6.45) is 5.83. The molecule has 0 atom stereocenters. The molecule has 0 saturated carbocycles. The Morgan fingerprint density at radius 1 is 1.00 bits per heavy atom. The van der Waals surface area contributed by atoms with Gasteiger partial charge < -0.3 is 9.40 Å². The number of benzene rings is 1. The van der Waals surface area contributed by atoms with Gasteiger partial charge in [0.05, 0.1) is 11.8 Å². The highest BCUT2D eigenvalue weighted by molar-refractivity contribution is 5.77. The van der Waals surface area contributed by atoms with Crippen LogP contribution in [0.25, 0.3) is 11.1 Å². The predicted octanol–water partition coefficient (Wildman–Crippen LogP) is 3.55. The molecule has 0 bridgehead atoms. The minimum Gasteiger partial charge on any atom is -0.462 e. The topological polar surface area (TPSA) is 28.9 Å². The third kappa shape index (κ3) is 1.63. The smallest absolute Gasteiger partial charge is 0.151 e. The third-order valence-corrected chi connectivity index (χ3v) is 2.88. The Labute approximate surface area is 93.9 Å². The molecule has 0 saturated heterocycles. The van der Waals surface area contributed by atoms with Crippen molar-refractivity contribution in [2.45, 2.75) is 12.8 Å². The fraction of sp³-hybridized carbons (Fsp3) is 0.143. The van der Waals surface area contributed by atoms with E-state index in [1.807, 2.05) is 24.6 Å². The van der Waals surface area contributed by atoms with Crippen LogP contribution < -0.4 is 0 Å². The Morgan fingerprint density at radius 2 is 1.88 bits per heavy atom. The van der Waals surface area contributed by atoms with Gasteiger partial charge in [-0.15, -0.1) is 0 Å².